The zero-order valence-corrected chi connectivity index (χ0v) is 16.9. The molecule has 3 rings (SSSR count). The van der Waals surface area contributed by atoms with Crippen LogP contribution in [0, 0.1) is 0 Å². The fourth-order valence-electron chi connectivity index (χ4n) is 2.69. The first-order valence-electron chi connectivity index (χ1n) is 9.43. The van der Waals surface area contributed by atoms with Gasteiger partial charge in [-0.3, -0.25) is 9.59 Å². The van der Waals surface area contributed by atoms with E-state index in [0.29, 0.717) is 23.4 Å². The average molecular weight is 406 g/mol. The Morgan fingerprint density at radius 2 is 1.41 bits per heavy atom. The van der Waals surface area contributed by atoms with E-state index in [1.165, 1.54) is 5.56 Å². The van der Waals surface area contributed by atoms with E-state index in [-0.39, 0.29) is 18.3 Å². The first kappa shape index (κ1) is 20.7. The molecule has 29 heavy (non-hydrogen) atoms. The maximum Gasteiger partial charge on any atom is 0.257 e. The Balaban J connectivity index is 1.35. The first-order chi connectivity index (χ1) is 14.2. The van der Waals surface area contributed by atoms with Gasteiger partial charge in [0.1, 0.15) is 5.75 Å². The van der Waals surface area contributed by atoms with Crippen LogP contribution in [0.5, 0.6) is 5.75 Å². The van der Waals surface area contributed by atoms with Gasteiger partial charge in [-0.15, -0.1) is 0 Å². The number of hydrogen-bond acceptors (Lipinski definition) is 4. The van der Waals surface area contributed by atoms with Crippen molar-refractivity contribution < 1.29 is 14.3 Å². The molecule has 0 aliphatic rings. The van der Waals surface area contributed by atoms with Crippen LogP contribution in [0.3, 0.4) is 0 Å². The van der Waals surface area contributed by atoms with Crippen LogP contribution in [0.1, 0.15) is 21.5 Å². The van der Waals surface area contributed by atoms with E-state index in [1.807, 2.05) is 36.4 Å². The standard InChI is InChI=1S/C24H23NO3S/c26-23(25-15-16-29-18-19-7-3-1-4-8-19)17-28-22-13-11-21(12-14-22)24(27)20-9-5-2-6-10-20/h1-14H,15-18H2,(H,25,26). The second-order valence-electron chi connectivity index (χ2n) is 6.40. The Kier molecular flexibility index (Phi) is 7.90. The highest BCUT2D eigenvalue weighted by Gasteiger charge is 2.09. The monoisotopic (exact) mass is 405 g/mol. The Bertz CT molecular complexity index is 912. The number of benzene rings is 3. The number of amides is 1. The molecule has 0 fully saturated rings. The van der Waals surface area contributed by atoms with Gasteiger partial charge in [0.05, 0.1) is 0 Å². The van der Waals surface area contributed by atoms with Crippen LogP contribution >= 0.6 is 11.8 Å². The molecule has 0 heterocycles. The van der Waals surface area contributed by atoms with Gasteiger partial charge >= 0.3 is 0 Å². The largest absolute Gasteiger partial charge is 0.484 e. The van der Waals surface area contributed by atoms with Gasteiger partial charge in [-0.05, 0) is 29.8 Å². The minimum absolute atomic E-state index is 0.0390. The molecule has 0 saturated heterocycles. The number of thioether (sulfide) groups is 1. The summed E-state index contributed by atoms with van der Waals surface area (Å²) in [5.74, 6) is 2.14. The van der Waals surface area contributed by atoms with Crippen molar-refractivity contribution in [1.29, 1.82) is 0 Å². The molecule has 1 N–H and O–H groups in total. The number of ketones is 1. The fraction of sp³-hybridized carbons (Fsp3) is 0.167. The van der Waals surface area contributed by atoms with Crippen LogP contribution in [0.15, 0.2) is 84.9 Å². The van der Waals surface area contributed by atoms with E-state index >= 15 is 0 Å². The summed E-state index contributed by atoms with van der Waals surface area (Å²) in [5.41, 5.74) is 2.51. The van der Waals surface area contributed by atoms with Crippen LogP contribution in [-0.2, 0) is 10.5 Å². The molecule has 0 unspecified atom stereocenters. The maximum atomic E-state index is 12.4. The predicted octanol–water partition coefficient (Wildman–Crippen LogP) is 4.35. The van der Waals surface area contributed by atoms with Crippen LogP contribution in [0.4, 0.5) is 0 Å². The normalized spacial score (nSPS) is 10.3. The highest BCUT2D eigenvalue weighted by atomic mass is 32.2. The zero-order chi connectivity index (χ0) is 20.3. The number of carbonyl (C=O) groups is 2. The van der Waals surface area contributed by atoms with E-state index in [9.17, 15) is 9.59 Å². The summed E-state index contributed by atoms with van der Waals surface area (Å²) in [5, 5.41) is 2.85. The van der Waals surface area contributed by atoms with Gasteiger partial charge in [0, 0.05) is 29.2 Å². The van der Waals surface area contributed by atoms with E-state index in [1.54, 1.807) is 48.2 Å². The summed E-state index contributed by atoms with van der Waals surface area (Å²) in [7, 11) is 0. The Hall–Kier alpha value is -3.05. The van der Waals surface area contributed by atoms with Crippen LogP contribution in [0.2, 0.25) is 0 Å². The van der Waals surface area contributed by atoms with Crippen LogP contribution in [0.25, 0.3) is 0 Å². The lowest BCUT2D eigenvalue weighted by molar-refractivity contribution is -0.122. The molecule has 5 heteroatoms. The summed E-state index contributed by atoms with van der Waals surface area (Å²) in [4.78, 5) is 24.3. The van der Waals surface area contributed by atoms with E-state index in [0.717, 1.165) is 11.5 Å². The summed E-state index contributed by atoms with van der Waals surface area (Å²) < 4.78 is 5.50. The third-order valence-corrected chi connectivity index (χ3v) is 5.23. The molecule has 0 aromatic heterocycles. The molecule has 3 aromatic rings. The van der Waals surface area contributed by atoms with Crippen LogP contribution < -0.4 is 10.1 Å². The third-order valence-electron chi connectivity index (χ3n) is 4.20. The van der Waals surface area contributed by atoms with Gasteiger partial charge in [0.15, 0.2) is 12.4 Å². The lowest BCUT2D eigenvalue weighted by Gasteiger charge is -2.08. The molecule has 0 aliphatic carbocycles. The number of nitrogens with one attached hydrogen (secondary N) is 1. The molecule has 0 saturated carbocycles. The number of hydrogen-bond donors (Lipinski definition) is 1. The fourth-order valence-corrected chi connectivity index (χ4v) is 3.50. The minimum Gasteiger partial charge on any atom is -0.484 e. The quantitative estimate of drug-likeness (QED) is 0.403. The van der Waals surface area contributed by atoms with E-state index in [4.69, 9.17) is 4.74 Å². The summed E-state index contributed by atoms with van der Waals surface area (Å²) in [6.07, 6.45) is 0. The predicted molar refractivity (Wildman–Crippen MR) is 117 cm³/mol. The van der Waals surface area contributed by atoms with Crippen molar-refractivity contribution in [2.24, 2.45) is 0 Å². The molecule has 4 nitrogen and oxygen atoms in total. The number of ether oxygens (including phenoxy) is 1. The minimum atomic E-state index is -0.158. The molecule has 0 spiro atoms. The average Bonchev–Trinajstić information content (AvgIpc) is 2.78. The SMILES string of the molecule is O=C(COc1ccc(C(=O)c2ccccc2)cc1)NCCSCc1ccccc1. The topological polar surface area (TPSA) is 55.4 Å². The van der Waals surface area contributed by atoms with Gasteiger partial charge < -0.3 is 10.1 Å². The highest BCUT2D eigenvalue weighted by Crippen LogP contribution is 2.15. The molecular formula is C24H23NO3S. The number of rotatable bonds is 10. The van der Waals surface area contributed by atoms with E-state index in [2.05, 4.69) is 17.4 Å². The molecule has 148 valence electrons. The lowest BCUT2D eigenvalue weighted by Crippen LogP contribution is -2.30. The first-order valence-corrected chi connectivity index (χ1v) is 10.6. The lowest BCUT2D eigenvalue weighted by atomic mass is 10.0. The zero-order valence-electron chi connectivity index (χ0n) is 16.0. The van der Waals surface area contributed by atoms with Gasteiger partial charge in [0.2, 0.25) is 0 Å². The highest BCUT2D eigenvalue weighted by molar-refractivity contribution is 7.98. The van der Waals surface area contributed by atoms with Crippen molar-refractivity contribution in [3.8, 4) is 5.75 Å². The molecule has 0 bridgehead atoms. The van der Waals surface area contributed by atoms with Gasteiger partial charge in [-0.1, -0.05) is 60.7 Å². The smallest absolute Gasteiger partial charge is 0.257 e. The second-order valence-corrected chi connectivity index (χ2v) is 7.50. The molecule has 0 aliphatic heterocycles. The van der Waals surface area contributed by atoms with Gasteiger partial charge in [-0.2, -0.15) is 11.8 Å². The summed E-state index contributed by atoms with van der Waals surface area (Å²) in [6, 6.07) is 26.2. The Morgan fingerprint density at radius 1 is 0.793 bits per heavy atom. The Labute approximate surface area is 175 Å². The summed E-state index contributed by atoms with van der Waals surface area (Å²) >= 11 is 1.78. The molecule has 0 radical (unpaired) electrons. The number of carbonyl (C=O) groups excluding carboxylic acids is 2. The molecule has 3 aromatic carbocycles. The van der Waals surface area contributed by atoms with Gasteiger partial charge in [0.25, 0.3) is 5.91 Å². The van der Waals surface area contributed by atoms with Crippen molar-refractivity contribution >= 4 is 23.5 Å². The second kappa shape index (κ2) is 11.1. The molecular weight excluding hydrogens is 382 g/mol. The maximum absolute atomic E-state index is 12.4. The molecule has 1 amide bonds. The summed E-state index contributed by atoms with van der Waals surface area (Å²) in [6.45, 7) is 0.555. The molecule has 0 atom stereocenters. The van der Waals surface area contributed by atoms with Gasteiger partial charge in [-0.25, -0.2) is 0 Å². The van der Waals surface area contributed by atoms with Crippen molar-refractivity contribution in [2.75, 3.05) is 18.9 Å². The van der Waals surface area contributed by atoms with Crippen molar-refractivity contribution in [3.05, 3.63) is 102 Å². The van der Waals surface area contributed by atoms with Crippen molar-refractivity contribution in [3.63, 3.8) is 0 Å². The van der Waals surface area contributed by atoms with E-state index < -0.39 is 0 Å². The third kappa shape index (κ3) is 6.80. The Morgan fingerprint density at radius 3 is 2.10 bits per heavy atom. The van der Waals surface area contributed by atoms with Crippen molar-refractivity contribution in [2.45, 2.75) is 5.75 Å². The van der Waals surface area contributed by atoms with Crippen LogP contribution in [-0.4, -0.2) is 30.6 Å². The van der Waals surface area contributed by atoms with Crippen molar-refractivity contribution in [1.82, 2.24) is 5.32 Å².